The molecule has 92 valence electrons. The van der Waals surface area contributed by atoms with Crippen molar-refractivity contribution in [3.05, 3.63) is 5.02 Å². The van der Waals surface area contributed by atoms with Crippen LogP contribution in [0.3, 0.4) is 0 Å². The van der Waals surface area contributed by atoms with Gasteiger partial charge in [-0.15, -0.1) is 0 Å². The van der Waals surface area contributed by atoms with Crippen LogP contribution in [0, 0.1) is 0 Å². The summed E-state index contributed by atoms with van der Waals surface area (Å²) in [6.45, 7) is 2.23. The van der Waals surface area contributed by atoms with Crippen LogP contribution in [0.15, 0.2) is 0 Å². The van der Waals surface area contributed by atoms with Crippen molar-refractivity contribution < 1.29 is 18.9 Å². The number of halogens is 1. The first-order chi connectivity index (χ1) is 8.33. The van der Waals surface area contributed by atoms with Crippen molar-refractivity contribution in [2.45, 2.75) is 12.2 Å². The third-order valence-electron chi connectivity index (χ3n) is 2.26. The molecule has 0 aromatic carbocycles. The molecule has 7 nitrogen and oxygen atoms in total. The number of hydrogen-bond acceptors (Lipinski definition) is 7. The fraction of sp³-hybridized carbons (Fsp3) is 0.667. The summed E-state index contributed by atoms with van der Waals surface area (Å²) in [5.41, 5.74) is 0. The summed E-state index contributed by atoms with van der Waals surface area (Å²) >= 11 is 6.02. The third kappa shape index (κ3) is 2.93. The molecule has 3 heterocycles. The van der Waals surface area contributed by atoms with Crippen LogP contribution in [0.25, 0.3) is 0 Å². The average Bonchev–Trinajstić information content (AvgIpc) is 3.20. The maximum Gasteiger partial charge on any atom is 0.259 e. The summed E-state index contributed by atoms with van der Waals surface area (Å²) in [6, 6.07) is 0. The van der Waals surface area contributed by atoms with Gasteiger partial charge in [-0.2, -0.15) is 0 Å². The van der Waals surface area contributed by atoms with Gasteiger partial charge in [0.1, 0.15) is 25.4 Å². The molecule has 2 saturated heterocycles. The second-order valence-corrected chi connectivity index (χ2v) is 4.12. The van der Waals surface area contributed by atoms with E-state index in [9.17, 15) is 0 Å². The number of hydrogen-bond donors (Lipinski definition) is 0. The first-order valence-electron chi connectivity index (χ1n) is 5.20. The molecule has 1 aromatic heterocycles. The van der Waals surface area contributed by atoms with Gasteiger partial charge in [0.15, 0.2) is 5.02 Å². The number of rotatable bonds is 6. The van der Waals surface area contributed by atoms with E-state index in [0.29, 0.717) is 26.4 Å². The summed E-state index contributed by atoms with van der Waals surface area (Å²) in [4.78, 5) is 0. The van der Waals surface area contributed by atoms with E-state index in [4.69, 9.17) is 30.5 Å². The van der Waals surface area contributed by atoms with Crippen molar-refractivity contribution in [2.75, 3.05) is 26.4 Å². The van der Waals surface area contributed by atoms with Gasteiger partial charge in [0, 0.05) is 0 Å². The highest BCUT2D eigenvalue weighted by Crippen LogP contribution is 2.30. The highest BCUT2D eigenvalue weighted by atomic mass is 35.5. The minimum Gasteiger partial charge on any atom is -0.473 e. The van der Waals surface area contributed by atoms with Gasteiger partial charge in [-0.3, -0.25) is 0 Å². The molecule has 0 spiro atoms. The van der Waals surface area contributed by atoms with Crippen molar-refractivity contribution in [3.8, 4) is 11.8 Å². The summed E-state index contributed by atoms with van der Waals surface area (Å²) in [5, 5.41) is 11.1. The molecule has 0 saturated carbocycles. The molecule has 0 radical (unpaired) electrons. The maximum absolute atomic E-state index is 6.02. The second kappa shape index (κ2) is 4.59. The van der Waals surface area contributed by atoms with Crippen LogP contribution in [0.1, 0.15) is 0 Å². The lowest BCUT2D eigenvalue weighted by Gasteiger charge is -2.07. The molecule has 2 aliphatic heterocycles. The lowest BCUT2D eigenvalue weighted by Crippen LogP contribution is -2.10. The number of nitrogens with zero attached hydrogens (tertiary/aromatic N) is 3. The summed E-state index contributed by atoms with van der Waals surface area (Å²) in [6.07, 6.45) is 0.260. The van der Waals surface area contributed by atoms with Gasteiger partial charge < -0.3 is 18.9 Å². The van der Waals surface area contributed by atoms with Crippen molar-refractivity contribution in [2.24, 2.45) is 0 Å². The lowest BCUT2D eigenvalue weighted by atomic mass is 10.5. The predicted octanol–water partition coefficient (Wildman–Crippen LogP) is 0.0802. The van der Waals surface area contributed by atoms with Crippen molar-refractivity contribution in [1.29, 1.82) is 0 Å². The molecular formula is C9H10ClN3O4. The lowest BCUT2D eigenvalue weighted by molar-refractivity contribution is 0.236. The van der Waals surface area contributed by atoms with Gasteiger partial charge in [0.05, 0.1) is 13.2 Å². The fourth-order valence-corrected chi connectivity index (χ4v) is 1.32. The molecule has 8 heteroatoms. The molecule has 2 atom stereocenters. The van der Waals surface area contributed by atoms with E-state index in [1.165, 1.54) is 0 Å². The summed E-state index contributed by atoms with van der Waals surface area (Å²) in [5.74, 6) is 0.424. The van der Waals surface area contributed by atoms with Gasteiger partial charge >= 0.3 is 0 Å². The Morgan fingerprint density at radius 3 is 1.94 bits per heavy atom. The van der Waals surface area contributed by atoms with Gasteiger partial charge in [0.2, 0.25) is 0 Å². The smallest absolute Gasteiger partial charge is 0.259 e. The minimum atomic E-state index is 0.130. The molecule has 0 amide bonds. The van der Waals surface area contributed by atoms with E-state index in [-0.39, 0.29) is 29.0 Å². The van der Waals surface area contributed by atoms with Gasteiger partial charge in [-0.25, -0.2) is 0 Å². The zero-order chi connectivity index (χ0) is 11.7. The topological polar surface area (TPSA) is 82.2 Å². The zero-order valence-corrected chi connectivity index (χ0v) is 9.59. The summed E-state index contributed by atoms with van der Waals surface area (Å²) < 4.78 is 20.7. The Balaban J connectivity index is 1.62. The van der Waals surface area contributed by atoms with E-state index >= 15 is 0 Å². The largest absolute Gasteiger partial charge is 0.473 e. The van der Waals surface area contributed by atoms with Crippen LogP contribution in [0.2, 0.25) is 5.02 Å². The minimum absolute atomic E-state index is 0.130. The van der Waals surface area contributed by atoms with Crippen molar-refractivity contribution >= 4 is 11.6 Å². The Morgan fingerprint density at radius 2 is 1.53 bits per heavy atom. The van der Waals surface area contributed by atoms with E-state index < -0.39 is 0 Å². The molecule has 1 aromatic rings. The molecule has 17 heavy (non-hydrogen) atoms. The maximum atomic E-state index is 6.02. The van der Waals surface area contributed by atoms with Crippen LogP contribution >= 0.6 is 11.6 Å². The highest BCUT2D eigenvalue weighted by molar-refractivity contribution is 6.33. The van der Waals surface area contributed by atoms with E-state index in [2.05, 4.69) is 15.4 Å². The SMILES string of the molecule is Clc1c(OCC2CO2)nnnc1OCC1CO1. The number of ether oxygens (including phenoxy) is 4. The first kappa shape index (κ1) is 10.9. The van der Waals surface area contributed by atoms with Crippen molar-refractivity contribution in [3.63, 3.8) is 0 Å². The quantitative estimate of drug-likeness (QED) is 0.669. The second-order valence-electron chi connectivity index (χ2n) is 3.75. The van der Waals surface area contributed by atoms with Gasteiger partial charge in [-0.05, 0) is 5.21 Å². The molecule has 2 unspecified atom stereocenters. The number of aromatic nitrogens is 3. The van der Waals surface area contributed by atoms with Gasteiger partial charge in [0.25, 0.3) is 11.8 Å². The van der Waals surface area contributed by atoms with Crippen LogP contribution in [0.4, 0.5) is 0 Å². The Morgan fingerprint density at radius 1 is 1.06 bits per heavy atom. The molecule has 3 rings (SSSR count). The van der Waals surface area contributed by atoms with Crippen LogP contribution in [-0.2, 0) is 9.47 Å². The monoisotopic (exact) mass is 259 g/mol. The Labute approximate surface area is 102 Å². The van der Waals surface area contributed by atoms with Crippen LogP contribution in [0.5, 0.6) is 11.8 Å². The standard InChI is InChI=1S/C9H10ClN3O4/c10-7-8(16-3-5-1-14-5)11-13-12-9(7)17-4-6-2-15-6/h5-6H,1-4H2. The van der Waals surface area contributed by atoms with Crippen LogP contribution in [-0.4, -0.2) is 54.0 Å². The first-order valence-corrected chi connectivity index (χ1v) is 5.58. The van der Waals surface area contributed by atoms with Crippen LogP contribution < -0.4 is 9.47 Å². The van der Waals surface area contributed by atoms with E-state index in [1.807, 2.05) is 0 Å². The Hall–Kier alpha value is -1.18. The molecule has 0 aliphatic carbocycles. The predicted molar refractivity (Wildman–Crippen MR) is 55.3 cm³/mol. The Kier molecular flexibility index (Phi) is 2.96. The molecular weight excluding hydrogens is 250 g/mol. The molecule has 0 bridgehead atoms. The highest BCUT2D eigenvalue weighted by Gasteiger charge is 2.26. The fourth-order valence-electron chi connectivity index (χ4n) is 1.14. The van der Waals surface area contributed by atoms with E-state index in [0.717, 1.165) is 0 Å². The normalized spacial score (nSPS) is 25.5. The molecule has 0 N–H and O–H groups in total. The molecule has 2 aliphatic rings. The summed E-state index contributed by atoms with van der Waals surface area (Å²) in [7, 11) is 0. The zero-order valence-electron chi connectivity index (χ0n) is 8.84. The Bertz CT molecular complexity index is 377. The number of epoxide rings is 2. The van der Waals surface area contributed by atoms with Gasteiger partial charge in [-0.1, -0.05) is 21.8 Å². The third-order valence-corrected chi connectivity index (χ3v) is 2.59. The van der Waals surface area contributed by atoms with Crippen molar-refractivity contribution in [1.82, 2.24) is 15.4 Å². The van der Waals surface area contributed by atoms with E-state index in [1.54, 1.807) is 0 Å². The molecule has 2 fully saturated rings. The average molecular weight is 260 g/mol.